The van der Waals surface area contributed by atoms with Crippen molar-refractivity contribution in [3.05, 3.63) is 40.8 Å². The van der Waals surface area contributed by atoms with Crippen molar-refractivity contribution in [1.29, 1.82) is 0 Å². The molecule has 0 aromatic heterocycles. The summed E-state index contributed by atoms with van der Waals surface area (Å²) in [5.74, 6) is 1.55. The zero-order chi connectivity index (χ0) is 12.1. The predicted octanol–water partition coefficient (Wildman–Crippen LogP) is 1.06. The Kier molecular flexibility index (Phi) is 3.94. The van der Waals surface area contributed by atoms with Gasteiger partial charge in [0.25, 0.3) is 5.91 Å². The van der Waals surface area contributed by atoms with Crippen molar-refractivity contribution in [2.75, 3.05) is 7.11 Å². The van der Waals surface area contributed by atoms with Crippen LogP contribution < -0.4 is 10.5 Å². The van der Waals surface area contributed by atoms with Gasteiger partial charge in [-0.3, -0.25) is 10.7 Å². The minimum atomic E-state index is -0.816. The standard InChI is InChI=1S/C11H9N2O2S/c1-15-8-4-2-7(3-5-8)10(16)9(6-12)11(13)14/h2-5H,1H3,(H2,13,14)/q-1. The Hall–Kier alpha value is -1.97. The Morgan fingerprint density at radius 1 is 1.44 bits per heavy atom. The van der Waals surface area contributed by atoms with Crippen molar-refractivity contribution < 1.29 is 9.53 Å². The first-order valence-electron chi connectivity index (χ1n) is 4.35. The van der Waals surface area contributed by atoms with Gasteiger partial charge in [-0.25, -0.2) is 0 Å². The molecule has 0 aliphatic carbocycles. The molecule has 0 fully saturated rings. The van der Waals surface area contributed by atoms with Gasteiger partial charge in [0, 0.05) is 0 Å². The molecule has 0 unspecified atom stereocenters. The van der Waals surface area contributed by atoms with Crippen molar-refractivity contribution in [1.82, 2.24) is 0 Å². The summed E-state index contributed by atoms with van der Waals surface area (Å²) < 4.78 is 4.98. The lowest BCUT2D eigenvalue weighted by Gasteiger charge is -2.06. The Bertz CT molecular complexity index is 473. The van der Waals surface area contributed by atoms with E-state index < -0.39 is 5.91 Å². The quantitative estimate of drug-likeness (QED) is 0.366. The highest BCUT2D eigenvalue weighted by Gasteiger charge is 2.11. The van der Waals surface area contributed by atoms with Crippen LogP contribution in [0.2, 0.25) is 0 Å². The number of nitrogens with two attached hydrogens (primary N) is 1. The second-order valence-electron chi connectivity index (χ2n) is 2.91. The Balaban J connectivity index is 3.05. The number of methoxy groups -OCH3 is 1. The molecule has 82 valence electrons. The van der Waals surface area contributed by atoms with Crippen molar-refractivity contribution in [2.45, 2.75) is 0 Å². The molecule has 0 radical (unpaired) electrons. The third-order valence-electron chi connectivity index (χ3n) is 1.94. The lowest BCUT2D eigenvalue weighted by Crippen LogP contribution is -2.20. The van der Waals surface area contributed by atoms with Gasteiger partial charge in [0.05, 0.1) is 17.5 Å². The summed E-state index contributed by atoms with van der Waals surface area (Å²) in [6.45, 7) is 0. The third-order valence-corrected chi connectivity index (χ3v) is 2.38. The Labute approximate surface area is 98.2 Å². The van der Waals surface area contributed by atoms with Crippen molar-refractivity contribution in [3.63, 3.8) is 0 Å². The molecule has 1 aromatic rings. The number of amides is 1. The topological polar surface area (TPSA) is 74.6 Å². The number of rotatable bonds is 4. The Morgan fingerprint density at radius 2 is 2.00 bits per heavy atom. The van der Waals surface area contributed by atoms with Crippen LogP contribution in [0.4, 0.5) is 0 Å². The summed E-state index contributed by atoms with van der Waals surface area (Å²) in [7, 11) is 1.55. The largest absolute Gasteiger partial charge is 0.763 e. The van der Waals surface area contributed by atoms with Crippen LogP contribution in [0.3, 0.4) is 0 Å². The van der Waals surface area contributed by atoms with E-state index in [0.29, 0.717) is 11.3 Å². The first-order valence-corrected chi connectivity index (χ1v) is 4.76. The lowest BCUT2D eigenvalue weighted by atomic mass is 10.1. The zero-order valence-electron chi connectivity index (χ0n) is 8.56. The third kappa shape index (κ3) is 2.53. The number of carbonyl (C=O) groups excluding carboxylic acids is 1. The minimum absolute atomic E-state index is 0.151. The van der Waals surface area contributed by atoms with E-state index in [1.54, 1.807) is 37.2 Å². The lowest BCUT2D eigenvalue weighted by molar-refractivity contribution is -0.113. The number of benzene rings is 1. The maximum atomic E-state index is 10.9. The fourth-order valence-corrected chi connectivity index (χ4v) is 1.39. The average molecular weight is 233 g/mol. The molecule has 0 spiro atoms. The number of ether oxygens (including phenoxy) is 1. The van der Waals surface area contributed by atoms with E-state index in [9.17, 15) is 4.79 Å². The van der Waals surface area contributed by atoms with Crippen LogP contribution in [0.1, 0.15) is 5.56 Å². The van der Waals surface area contributed by atoms with E-state index in [-0.39, 0.29) is 10.4 Å². The van der Waals surface area contributed by atoms with Gasteiger partial charge in [0.1, 0.15) is 5.75 Å². The highest BCUT2D eigenvalue weighted by Crippen LogP contribution is 2.14. The first-order chi connectivity index (χ1) is 7.60. The molecular formula is C11H9N2O2S-. The maximum Gasteiger partial charge on any atom is 0.256 e. The highest BCUT2D eigenvalue weighted by molar-refractivity contribution is 7.81. The van der Waals surface area contributed by atoms with Gasteiger partial charge in [0.15, 0.2) is 0 Å². The number of hydrogen-bond acceptors (Lipinski definition) is 3. The predicted molar refractivity (Wildman–Crippen MR) is 65.8 cm³/mol. The molecule has 2 N–H and O–H groups in total. The number of thiocarbonyl (C=S) groups is 1. The number of nitrogens with zero attached hydrogens (tertiary/aromatic N) is 1. The number of hydrogen-bond donors (Lipinski definition) is 1. The summed E-state index contributed by atoms with van der Waals surface area (Å²) in [4.78, 5) is 11.1. The van der Waals surface area contributed by atoms with Gasteiger partial charge in [-0.05, 0) is 29.8 Å². The van der Waals surface area contributed by atoms with Crippen molar-refractivity contribution >= 4 is 28.9 Å². The van der Waals surface area contributed by atoms with Crippen LogP contribution in [0.25, 0.3) is 5.41 Å². The maximum absolute atomic E-state index is 10.9. The van der Waals surface area contributed by atoms with Gasteiger partial charge in [-0.2, -0.15) is 0 Å². The molecule has 0 heterocycles. The zero-order valence-corrected chi connectivity index (χ0v) is 9.38. The molecule has 0 saturated heterocycles. The normalized spacial score (nSPS) is 9.06. The summed E-state index contributed by atoms with van der Waals surface area (Å²) in [6, 6.07) is 6.72. The molecule has 4 nitrogen and oxygen atoms in total. The molecule has 1 aromatic carbocycles. The van der Waals surface area contributed by atoms with E-state index in [4.69, 9.17) is 28.1 Å². The van der Waals surface area contributed by atoms with Crippen molar-refractivity contribution in [3.8, 4) is 5.75 Å². The summed E-state index contributed by atoms with van der Waals surface area (Å²) in [6.07, 6.45) is 0. The molecule has 5 heteroatoms. The van der Waals surface area contributed by atoms with Gasteiger partial charge >= 0.3 is 0 Å². The molecule has 1 amide bonds. The second-order valence-corrected chi connectivity index (χ2v) is 3.32. The monoisotopic (exact) mass is 233 g/mol. The van der Waals surface area contributed by atoms with E-state index in [1.165, 1.54) is 0 Å². The first kappa shape index (κ1) is 12.1. The molecule has 1 rings (SSSR count). The fourth-order valence-electron chi connectivity index (χ4n) is 1.10. The van der Waals surface area contributed by atoms with Crippen LogP contribution in [-0.4, -0.2) is 23.8 Å². The molecule has 0 saturated carbocycles. The second kappa shape index (κ2) is 5.21. The molecule has 0 aliphatic rings. The Morgan fingerprint density at radius 3 is 2.38 bits per heavy atom. The van der Waals surface area contributed by atoms with E-state index in [0.717, 1.165) is 0 Å². The number of carbonyl (C=O) groups is 1. The molecule has 16 heavy (non-hydrogen) atoms. The van der Waals surface area contributed by atoms with Gasteiger partial charge in [-0.15, -0.1) is 0 Å². The van der Waals surface area contributed by atoms with Gasteiger partial charge in [0.2, 0.25) is 0 Å². The summed E-state index contributed by atoms with van der Waals surface area (Å²) in [5.41, 5.74) is 5.41. The summed E-state index contributed by atoms with van der Waals surface area (Å²) in [5, 5.41) is 8.73. The van der Waals surface area contributed by atoms with Gasteiger partial charge < -0.3 is 15.9 Å². The SMILES string of the molecule is COc1ccc(C(=S)C(=C=[N-])C(N)=O)cc1. The average Bonchev–Trinajstić information content (AvgIpc) is 2.29. The van der Waals surface area contributed by atoms with Crippen LogP contribution in [0, 0.1) is 0 Å². The van der Waals surface area contributed by atoms with Crippen LogP contribution in [-0.2, 0) is 4.79 Å². The van der Waals surface area contributed by atoms with Crippen LogP contribution >= 0.6 is 12.2 Å². The van der Waals surface area contributed by atoms with E-state index in [2.05, 4.69) is 0 Å². The minimum Gasteiger partial charge on any atom is -0.763 e. The molecule has 0 bridgehead atoms. The highest BCUT2D eigenvalue weighted by atomic mass is 32.1. The van der Waals surface area contributed by atoms with E-state index in [1.807, 2.05) is 0 Å². The van der Waals surface area contributed by atoms with Gasteiger partial charge in [-0.1, -0.05) is 12.2 Å². The van der Waals surface area contributed by atoms with Crippen LogP contribution in [0.15, 0.2) is 29.8 Å². The molecule has 0 atom stereocenters. The molecular weight excluding hydrogens is 224 g/mol. The van der Waals surface area contributed by atoms with Crippen LogP contribution in [0.5, 0.6) is 5.75 Å². The molecule has 0 aliphatic heterocycles. The fraction of sp³-hybridized carbons (Fsp3) is 0.0909. The van der Waals surface area contributed by atoms with E-state index >= 15 is 0 Å². The summed E-state index contributed by atoms with van der Waals surface area (Å²) >= 11 is 5.00. The number of primary amides is 1. The smallest absolute Gasteiger partial charge is 0.256 e. The van der Waals surface area contributed by atoms with Crippen molar-refractivity contribution in [2.24, 2.45) is 5.73 Å².